The fourth-order valence-corrected chi connectivity index (χ4v) is 0.612. The quantitative estimate of drug-likeness (QED) is 0.736. The minimum Gasteiger partial charge on any atom is -0.359 e. The molecule has 1 aromatic rings. The van der Waals surface area contributed by atoms with Crippen molar-refractivity contribution in [1.82, 2.24) is 5.16 Å². The Bertz CT molecular complexity index is 318. The number of halogens is 3. The van der Waals surface area contributed by atoms with E-state index >= 15 is 0 Å². The number of amides is 1. The number of aryl methyl sites for hydroxylation is 1. The van der Waals surface area contributed by atoms with Crippen molar-refractivity contribution in [2.45, 2.75) is 13.1 Å². The molecular formula is C6H5F3N2O2. The van der Waals surface area contributed by atoms with Crippen LogP contribution < -0.4 is 5.32 Å². The van der Waals surface area contributed by atoms with Gasteiger partial charge in [-0.25, -0.2) is 0 Å². The third-order valence-electron chi connectivity index (χ3n) is 1.26. The Morgan fingerprint density at radius 2 is 2.23 bits per heavy atom. The number of nitrogens with one attached hydrogen (secondary N) is 1. The molecule has 0 radical (unpaired) electrons. The van der Waals surface area contributed by atoms with Gasteiger partial charge in [0, 0.05) is 0 Å². The maximum absolute atomic E-state index is 11.7. The molecule has 0 fully saturated rings. The Balaban J connectivity index is 2.71. The summed E-state index contributed by atoms with van der Waals surface area (Å²) in [6, 6.07) is 0. The highest BCUT2D eigenvalue weighted by Crippen LogP contribution is 2.19. The molecule has 1 aromatic heterocycles. The van der Waals surface area contributed by atoms with Gasteiger partial charge in [-0.1, -0.05) is 5.16 Å². The first-order valence-electron chi connectivity index (χ1n) is 3.20. The molecule has 0 unspecified atom stereocenters. The Hall–Kier alpha value is -1.53. The maximum atomic E-state index is 11.7. The van der Waals surface area contributed by atoms with Crippen molar-refractivity contribution in [2.24, 2.45) is 0 Å². The van der Waals surface area contributed by atoms with Gasteiger partial charge in [0.1, 0.15) is 5.69 Å². The number of hydrogen-bond donors (Lipinski definition) is 1. The first-order valence-corrected chi connectivity index (χ1v) is 3.20. The predicted molar refractivity (Wildman–Crippen MR) is 35.9 cm³/mol. The van der Waals surface area contributed by atoms with Gasteiger partial charge in [0.05, 0.1) is 6.20 Å². The molecule has 1 N–H and O–H groups in total. The molecule has 0 atom stereocenters. The summed E-state index contributed by atoms with van der Waals surface area (Å²) < 4.78 is 39.6. The fourth-order valence-electron chi connectivity index (χ4n) is 0.612. The number of nitrogens with zero attached hydrogens (tertiary/aromatic N) is 1. The largest absolute Gasteiger partial charge is 0.471 e. The van der Waals surface area contributed by atoms with Crippen molar-refractivity contribution in [3.63, 3.8) is 0 Å². The lowest BCUT2D eigenvalue weighted by Crippen LogP contribution is -2.29. The zero-order valence-electron chi connectivity index (χ0n) is 6.47. The van der Waals surface area contributed by atoms with Crippen LogP contribution in [-0.2, 0) is 4.79 Å². The van der Waals surface area contributed by atoms with E-state index < -0.39 is 12.1 Å². The minimum absolute atomic E-state index is 0.0812. The number of carbonyl (C=O) groups excluding carboxylic acids is 1. The maximum Gasteiger partial charge on any atom is 0.471 e. The van der Waals surface area contributed by atoms with E-state index in [1.165, 1.54) is 6.92 Å². The molecule has 0 bridgehead atoms. The average molecular weight is 194 g/mol. The van der Waals surface area contributed by atoms with Gasteiger partial charge in [-0.15, -0.1) is 0 Å². The molecule has 0 aliphatic rings. The Kier molecular flexibility index (Phi) is 2.26. The molecule has 0 aromatic carbocycles. The van der Waals surface area contributed by atoms with E-state index in [0.29, 0.717) is 0 Å². The summed E-state index contributed by atoms with van der Waals surface area (Å²) in [6.45, 7) is 1.39. The van der Waals surface area contributed by atoms with Gasteiger partial charge in [0.25, 0.3) is 0 Å². The highest BCUT2D eigenvalue weighted by atomic mass is 19.4. The van der Waals surface area contributed by atoms with Crippen LogP contribution in [0, 0.1) is 6.92 Å². The van der Waals surface area contributed by atoms with E-state index in [1.807, 2.05) is 0 Å². The van der Waals surface area contributed by atoms with Crippen LogP contribution in [0.3, 0.4) is 0 Å². The van der Waals surface area contributed by atoms with Crippen molar-refractivity contribution in [3.05, 3.63) is 12.0 Å². The summed E-state index contributed by atoms with van der Waals surface area (Å²) in [4.78, 5) is 10.4. The second-order valence-electron chi connectivity index (χ2n) is 2.25. The van der Waals surface area contributed by atoms with Gasteiger partial charge in [-0.3, -0.25) is 4.79 Å². The third-order valence-corrected chi connectivity index (χ3v) is 1.26. The van der Waals surface area contributed by atoms with Crippen LogP contribution in [0.25, 0.3) is 0 Å². The van der Waals surface area contributed by atoms with Gasteiger partial charge in [-0.05, 0) is 6.92 Å². The number of aromatic nitrogens is 1. The summed E-state index contributed by atoms with van der Waals surface area (Å²) in [5.74, 6) is -1.92. The summed E-state index contributed by atoms with van der Waals surface area (Å²) in [5, 5.41) is 4.81. The zero-order chi connectivity index (χ0) is 10.1. The van der Waals surface area contributed by atoms with Crippen LogP contribution in [0.5, 0.6) is 0 Å². The molecule has 0 aliphatic heterocycles. The smallest absolute Gasteiger partial charge is 0.359 e. The highest BCUT2D eigenvalue weighted by molar-refractivity contribution is 5.95. The van der Waals surface area contributed by atoms with Crippen LogP contribution in [0.15, 0.2) is 10.7 Å². The summed E-state index contributed by atoms with van der Waals surface area (Å²) in [7, 11) is 0. The second kappa shape index (κ2) is 3.08. The first kappa shape index (κ1) is 9.56. The van der Waals surface area contributed by atoms with E-state index in [-0.39, 0.29) is 11.4 Å². The second-order valence-corrected chi connectivity index (χ2v) is 2.25. The van der Waals surface area contributed by atoms with Gasteiger partial charge in [0.2, 0.25) is 0 Å². The SMILES string of the molecule is Cc1oncc1NC(=O)C(F)(F)F. The summed E-state index contributed by atoms with van der Waals surface area (Å²) in [6.07, 6.45) is -3.90. The third kappa shape index (κ3) is 2.20. The van der Waals surface area contributed by atoms with Gasteiger partial charge in [-0.2, -0.15) is 13.2 Å². The monoisotopic (exact) mass is 194 g/mol. The molecule has 0 spiro atoms. The molecule has 1 heterocycles. The number of anilines is 1. The number of carbonyl (C=O) groups is 1. The molecule has 0 aliphatic carbocycles. The molecular weight excluding hydrogens is 189 g/mol. The van der Waals surface area contributed by atoms with E-state index in [9.17, 15) is 18.0 Å². The summed E-state index contributed by atoms with van der Waals surface area (Å²) >= 11 is 0. The van der Waals surface area contributed by atoms with Crippen LogP contribution in [0.1, 0.15) is 5.76 Å². The molecule has 72 valence electrons. The summed E-state index contributed by atoms with van der Waals surface area (Å²) in [5.41, 5.74) is -0.0812. The van der Waals surface area contributed by atoms with Crippen molar-refractivity contribution >= 4 is 11.6 Å². The van der Waals surface area contributed by atoms with Crippen molar-refractivity contribution < 1.29 is 22.5 Å². The van der Waals surface area contributed by atoms with Crippen molar-refractivity contribution in [3.8, 4) is 0 Å². The van der Waals surface area contributed by atoms with Gasteiger partial charge >= 0.3 is 12.1 Å². The van der Waals surface area contributed by atoms with E-state index in [1.54, 1.807) is 5.32 Å². The van der Waals surface area contributed by atoms with Crippen molar-refractivity contribution in [1.29, 1.82) is 0 Å². The molecule has 0 saturated heterocycles. The Labute approximate surface area is 70.7 Å². The lowest BCUT2D eigenvalue weighted by molar-refractivity contribution is -0.167. The van der Waals surface area contributed by atoms with Gasteiger partial charge in [0.15, 0.2) is 5.76 Å². The number of rotatable bonds is 1. The number of hydrogen-bond acceptors (Lipinski definition) is 3. The predicted octanol–water partition coefficient (Wildman–Crippen LogP) is 1.48. The molecule has 1 rings (SSSR count). The molecule has 7 heteroatoms. The molecule has 13 heavy (non-hydrogen) atoms. The highest BCUT2D eigenvalue weighted by Gasteiger charge is 2.39. The normalized spacial score (nSPS) is 11.4. The minimum atomic E-state index is -4.90. The number of alkyl halides is 3. The van der Waals surface area contributed by atoms with Crippen LogP contribution in [0.4, 0.5) is 18.9 Å². The van der Waals surface area contributed by atoms with E-state index in [2.05, 4.69) is 9.68 Å². The first-order chi connectivity index (χ1) is 5.91. The Morgan fingerprint density at radius 1 is 1.62 bits per heavy atom. The molecule has 0 saturated carbocycles. The van der Waals surface area contributed by atoms with Crippen LogP contribution >= 0.6 is 0 Å². The van der Waals surface area contributed by atoms with E-state index in [4.69, 9.17) is 0 Å². The topological polar surface area (TPSA) is 55.1 Å². The average Bonchev–Trinajstić information content (AvgIpc) is 2.34. The van der Waals surface area contributed by atoms with Gasteiger partial charge < -0.3 is 9.84 Å². The van der Waals surface area contributed by atoms with Crippen LogP contribution in [-0.4, -0.2) is 17.2 Å². The standard InChI is InChI=1S/C6H5F3N2O2/c1-3-4(2-10-13-3)11-5(12)6(7,8)9/h2H,1H3,(H,11,12). The zero-order valence-corrected chi connectivity index (χ0v) is 6.47. The molecule has 1 amide bonds. The van der Waals surface area contributed by atoms with E-state index in [0.717, 1.165) is 6.20 Å². The fraction of sp³-hybridized carbons (Fsp3) is 0.333. The Morgan fingerprint density at radius 3 is 2.62 bits per heavy atom. The van der Waals surface area contributed by atoms with Crippen molar-refractivity contribution in [2.75, 3.05) is 5.32 Å². The van der Waals surface area contributed by atoms with Crippen LogP contribution in [0.2, 0.25) is 0 Å². The molecule has 4 nitrogen and oxygen atoms in total. The lowest BCUT2D eigenvalue weighted by Gasteiger charge is -2.05. The lowest BCUT2D eigenvalue weighted by atomic mass is 10.4.